The lowest BCUT2D eigenvalue weighted by molar-refractivity contribution is 0.0950. The van der Waals surface area contributed by atoms with Crippen molar-refractivity contribution < 1.29 is 9.21 Å². The molecule has 3 aromatic rings. The number of hydrogen-bond donors (Lipinski definition) is 1. The molecule has 4 rings (SSSR count). The topological polar surface area (TPSA) is 77.1 Å². The molecule has 0 spiro atoms. The molecule has 7 heteroatoms. The van der Waals surface area contributed by atoms with E-state index in [1.165, 1.54) is 16.5 Å². The van der Waals surface area contributed by atoms with E-state index in [9.17, 15) is 9.59 Å². The third kappa shape index (κ3) is 2.68. The van der Waals surface area contributed by atoms with E-state index >= 15 is 0 Å². The lowest BCUT2D eigenvalue weighted by Gasteiger charge is -2.06. The van der Waals surface area contributed by atoms with Crippen LogP contribution in [-0.4, -0.2) is 21.5 Å². The van der Waals surface area contributed by atoms with Gasteiger partial charge in [-0.15, -0.1) is 0 Å². The van der Waals surface area contributed by atoms with Gasteiger partial charge in [-0.25, -0.2) is 4.98 Å². The Hall–Kier alpha value is -2.41. The van der Waals surface area contributed by atoms with E-state index in [-0.39, 0.29) is 40.1 Å². The Labute approximate surface area is 152 Å². The van der Waals surface area contributed by atoms with E-state index in [0.29, 0.717) is 5.76 Å². The Kier molecular flexibility index (Phi) is 3.76. The quantitative estimate of drug-likeness (QED) is 0.731. The lowest BCUT2D eigenvalue weighted by Crippen LogP contribution is -2.28. The molecule has 1 fully saturated rings. The van der Waals surface area contributed by atoms with Crippen LogP contribution in [0.3, 0.4) is 0 Å². The zero-order valence-corrected chi connectivity index (χ0v) is 15.3. The van der Waals surface area contributed by atoms with Crippen LogP contribution in [0, 0.1) is 6.92 Å². The van der Waals surface area contributed by atoms with Gasteiger partial charge in [0.05, 0.1) is 5.56 Å². The summed E-state index contributed by atoms with van der Waals surface area (Å²) in [6.45, 7) is 1.67. The minimum atomic E-state index is -0.291. The Balaban J connectivity index is 1.62. The largest absolute Gasteiger partial charge is 0.442 e. The first-order valence-corrected chi connectivity index (χ1v) is 8.76. The maximum atomic E-state index is 12.8. The monoisotopic (exact) mass is 401 g/mol. The molecule has 1 aromatic carbocycles. The molecule has 128 valence electrons. The summed E-state index contributed by atoms with van der Waals surface area (Å²) in [5.74, 6) is 0.390. The fraction of sp³-hybridized carbons (Fsp3) is 0.278. The first kappa shape index (κ1) is 16.1. The number of furan rings is 1. The van der Waals surface area contributed by atoms with Gasteiger partial charge in [-0.1, -0.05) is 34.1 Å². The molecule has 1 saturated carbocycles. The van der Waals surface area contributed by atoms with Crippen LogP contribution in [0.2, 0.25) is 0 Å². The van der Waals surface area contributed by atoms with Crippen LogP contribution in [0.1, 0.15) is 34.0 Å². The van der Waals surface area contributed by atoms with Gasteiger partial charge in [0.1, 0.15) is 17.5 Å². The van der Waals surface area contributed by atoms with Crippen molar-refractivity contribution in [2.75, 3.05) is 0 Å². The van der Waals surface area contributed by atoms with Gasteiger partial charge in [-0.05, 0) is 25.0 Å². The predicted octanol–water partition coefficient (Wildman–Crippen LogP) is 2.88. The SMILES string of the molecule is Cc1oc2ncn(C)c(=O)c2c1C(=O)N[C@@H]1C[C@H]1c1ccccc1Br. The third-order valence-corrected chi connectivity index (χ3v) is 5.31. The number of aromatic nitrogens is 2. The smallest absolute Gasteiger partial charge is 0.265 e. The predicted molar refractivity (Wildman–Crippen MR) is 96.7 cm³/mol. The van der Waals surface area contributed by atoms with Crippen LogP contribution in [0.25, 0.3) is 11.1 Å². The summed E-state index contributed by atoms with van der Waals surface area (Å²) < 4.78 is 7.88. The molecule has 25 heavy (non-hydrogen) atoms. The molecule has 1 amide bonds. The van der Waals surface area contributed by atoms with Gasteiger partial charge in [0, 0.05) is 23.5 Å². The first-order valence-electron chi connectivity index (χ1n) is 7.97. The van der Waals surface area contributed by atoms with Crippen LogP contribution in [0.5, 0.6) is 0 Å². The average molecular weight is 402 g/mol. The second kappa shape index (κ2) is 5.84. The lowest BCUT2D eigenvalue weighted by atomic mass is 10.1. The summed E-state index contributed by atoms with van der Waals surface area (Å²) in [5, 5.41) is 3.25. The highest BCUT2D eigenvalue weighted by Gasteiger charge is 2.41. The number of carbonyl (C=O) groups is 1. The molecule has 0 unspecified atom stereocenters. The molecule has 2 atom stereocenters. The van der Waals surface area contributed by atoms with Gasteiger partial charge < -0.3 is 14.3 Å². The molecule has 0 saturated heterocycles. The summed E-state index contributed by atoms with van der Waals surface area (Å²) in [4.78, 5) is 29.2. The van der Waals surface area contributed by atoms with E-state index in [1.807, 2.05) is 18.2 Å². The minimum Gasteiger partial charge on any atom is -0.442 e. The molecular formula is C18H16BrN3O3. The van der Waals surface area contributed by atoms with Crippen molar-refractivity contribution in [3.05, 3.63) is 62.3 Å². The third-order valence-electron chi connectivity index (χ3n) is 4.59. The molecule has 0 aliphatic heterocycles. The standard InChI is InChI=1S/C18H16BrN3O3/c1-9-14(15-17(25-9)20-8-22(2)18(15)24)16(23)21-13-7-11(13)10-5-3-4-6-12(10)19/h3-6,8,11,13H,7H2,1-2H3,(H,21,23)/t11-,13+/m0/s1. The molecule has 2 heterocycles. The number of aryl methyl sites for hydroxylation is 2. The van der Waals surface area contributed by atoms with Gasteiger partial charge in [-0.3, -0.25) is 9.59 Å². The molecule has 1 N–H and O–H groups in total. The van der Waals surface area contributed by atoms with Crippen molar-refractivity contribution in [2.24, 2.45) is 7.05 Å². The van der Waals surface area contributed by atoms with Crippen molar-refractivity contribution in [1.29, 1.82) is 0 Å². The zero-order valence-electron chi connectivity index (χ0n) is 13.7. The minimum absolute atomic E-state index is 0.0519. The van der Waals surface area contributed by atoms with Gasteiger partial charge in [-0.2, -0.15) is 0 Å². The number of carbonyl (C=O) groups excluding carboxylic acids is 1. The number of amides is 1. The summed E-state index contributed by atoms with van der Waals surface area (Å²) in [7, 11) is 1.60. The molecule has 2 aromatic heterocycles. The van der Waals surface area contributed by atoms with Crippen LogP contribution in [-0.2, 0) is 7.05 Å². The maximum Gasteiger partial charge on any atom is 0.265 e. The fourth-order valence-corrected chi connectivity index (χ4v) is 3.75. The summed E-state index contributed by atoms with van der Waals surface area (Å²) >= 11 is 3.55. The van der Waals surface area contributed by atoms with E-state index < -0.39 is 0 Å². The number of halogens is 1. The number of hydrogen-bond acceptors (Lipinski definition) is 4. The molecule has 1 aliphatic carbocycles. The Bertz CT molecular complexity index is 1050. The van der Waals surface area contributed by atoms with Gasteiger partial charge in [0.15, 0.2) is 0 Å². The van der Waals surface area contributed by atoms with Crippen molar-refractivity contribution in [3.63, 3.8) is 0 Å². The van der Waals surface area contributed by atoms with Crippen molar-refractivity contribution in [2.45, 2.75) is 25.3 Å². The van der Waals surface area contributed by atoms with E-state index in [2.05, 4.69) is 32.3 Å². The number of fused-ring (bicyclic) bond motifs is 1. The van der Waals surface area contributed by atoms with Crippen LogP contribution < -0.4 is 10.9 Å². The van der Waals surface area contributed by atoms with Crippen molar-refractivity contribution >= 4 is 32.9 Å². The second-order valence-electron chi connectivity index (χ2n) is 6.32. The first-order chi connectivity index (χ1) is 12.0. The highest BCUT2D eigenvalue weighted by atomic mass is 79.9. The molecule has 0 radical (unpaired) electrons. The molecule has 1 aliphatic rings. The number of nitrogens with one attached hydrogen (secondary N) is 1. The zero-order chi connectivity index (χ0) is 17.7. The van der Waals surface area contributed by atoms with Gasteiger partial charge in [0.25, 0.3) is 11.5 Å². The van der Waals surface area contributed by atoms with Gasteiger partial charge >= 0.3 is 0 Å². The molecular weight excluding hydrogens is 386 g/mol. The van der Waals surface area contributed by atoms with Crippen molar-refractivity contribution in [1.82, 2.24) is 14.9 Å². The van der Waals surface area contributed by atoms with Crippen LogP contribution >= 0.6 is 15.9 Å². The van der Waals surface area contributed by atoms with E-state index in [4.69, 9.17) is 4.42 Å². The second-order valence-corrected chi connectivity index (χ2v) is 7.17. The number of nitrogens with zero attached hydrogens (tertiary/aromatic N) is 2. The van der Waals surface area contributed by atoms with E-state index in [0.717, 1.165) is 10.9 Å². The summed E-state index contributed by atoms with van der Waals surface area (Å²) in [6, 6.07) is 8.05. The number of benzene rings is 1. The van der Waals surface area contributed by atoms with Crippen LogP contribution in [0.4, 0.5) is 0 Å². The van der Waals surface area contributed by atoms with Gasteiger partial charge in [0.2, 0.25) is 5.71 Å². The summed E-state index contributed by atoms with van der Waals surface area (Å²) in [6.07, 6.45) is 2.26. The average Bonchev–Trinajstić information content (AvgIpc) is 3.24. The Morgan fingerprint density at radius 3 is 2.92 bits per heavy atom. The molecule has 6 nitrogen and oxygen atoms in total. The van der Waals surface area contributed by atoms with Crippen molar-refractivity contribution in [3.8, 4) is 0 Å². The highest BCUT2D eigenvalue weighted by Crippen LogP contribution is 2.43. The fourth-order valence-electron chi connectivity index (χ4n) is 3.18. The number of rotatable bonds is 3. The Morgan fingerprint density at radius 2 is 2.16 bits per heavy atom. The molecule has 0 bridgehead atoms. The highest BCUT2D eigenvalue weighted by molar-refractivity contribution is 9.10. The van der Waals surface area contributed by atoms with E-state index in [1.54, 1.807) is 14.0 Å². The summed E-state index contributed by atoms with van der Waals surface area (Å²) in [5.41, 5.74) is 1.37. The Morgan fingerprint density at radius 1 is 1.40 bits per heavy atom. The normalized spacial score (nSPS) is 19.2. The van der Waals surface area contributed by atoms with Crippen LogP contribution in [0.15, 0.2) is 44.3 Å². The maximum absolute atomic E-state index is 12.8.